The van der Waals surface area contributed by atoms with Gasteiger partial charge in [0.2, 0.25) is 0 Å². The highest BCUT2D eigenvalue weighted by atomic mass is 35.5. The predicted molar refractivity (Wildman–Crippen MR) is 132 cm³/mol. The van der Waals surface area contributed by atoms with Crippen molar-refractivity contribution < 1.29 is 9.47 Å². The minimum Gasteiger partial charge on any atom is -0.468 e. The van der Waals surface area contributed by atoms with Crippen molar-refractivity contribution in [2.24, 2.45) is 4.99 Å². The Balaban J connectivity index is 1.57. The average molecular weight is 463 g/mol. The molecule has 2 N–H and O–H groups in total. The smallest absolute Gasteiger partial charge is 0.288 e. The van der Waals surface area contributed by atoms with E-state index in [-0.39, 0.29) is 0 Å². The zero-order valence-corrected chi connectivity index (χ0v) is 19.2. The summed E-state index contributed by atoms with van der Waals surface area (Å²) in [6.45, 7) is 4.47. The third-order valence-corrected chi connectivity index (χ3v) is 4.98. The van der Waals surface area contributed by atoms with Crippen molar-refractivity contribution in [1.29, 1.82) is 0 Å². The molecular weight excluding hydrogens is 440 g/mol. The number of amidine groups is 1. The van der Waals surface area contributed by atoms with Crippen LogP contribution in [0.4, 0.5) is 17.2 Å². The first-order valence-corrected chi connectivity index (χ1v) is 10.7. The maximum Gasteiger partial charge on any atom is 0.288 e. The van der Waals surface area contributed by atoms with E-state index in [0.29, 0.717) is 34.9 Å². The van der Waals surface area contributed by atoms with Crippen LogP contribution in [-0.4, -0.2) is 34.6 Å². The number of nitrogens with zero attached hydrogens (tertiary/aromatic N) is 4. The van der Waals surface area contributed by atoms with Gasteiger partial charge in [-0.3, -0.25) is 4.98 Å². The molecule has 9 heteroatoms. The van der Waals surface area contributed by atoms with Gasteiger partial charge in [-0.05, 0) is 62.4 Å². The van der Waals surface area contributed by atoms with E-state index in [4.69, 9.17) is 21.1 Å². The van der Waals surface area contributed by atoms with Crippen LogP contribution in [0.3, 0.4) is 0 Å². The lowest BCUT2D eigenvalue weighted by atomic mass is 10.2. The molecule has 0 amide bonds. The second-order valence-corrected chi connectivity index (χ2v) is 7.48. The van der Waals surface area contributed by atoms with Crippen molar-refractivity contribution in [3.05, 3.63) is 71.8 Å². The van der Waals surface area contributed by atoms with Gasteiger partial charge in [-0.1, -0.05) is 11.6 Å². The molecule has 0 aliphatic carbocycles. The summed E-state index contributed by atoms with van der Waals surface area (Å²) < 4.78 is 11.1. The fourth-order valence-corrected chi connectivity index (χ4v) is 3.31. The summed E-state index contributed by atoms with van der Waals surface area (Å²) in [5, 5.41) is 7.76. The molecular formula is C24H23ClN6O2. The minimum atomic E-state index is 0.439. The van der Waals surface area contributed by atoms with E-state index in [1.54, 1.807) is 25.4 Å². The van der Waals surface area contributed by atoms with Gasteiger partial charge >= 0.3 is 0 Å². The number of methoxy groups -OCH3 is 1. The number of anilines is 3. The summed E-state index contributed by atoms with van der Waals surface area (Å²) in [6.07, 6.45) is 3.18. The molecule has 8 nitrogen and oxygen atoms in total. The number of aryl methyl sites for hydroxylation is 1. The predicted octanol–water partition coefficient (Wildman–Crippen LogP) is 5.96. The highest BCUT2D eigenvalue weighted by molar-refractivity contribution is 6.32. The molecule has 0 bridgehead atoms. The minimum absolute atomic E-state index is 0.439. The van der Waals surface area contributed by atoms with Crippen molar-refractivity contribution in [2.45, 2.75) is 13.8 Å². The molecule has 4 aromatic rings. The lowest BCUT2D eigenvalue weighted by Gasteiger charge is -2.13. The number of aromatic nitrogens is 3. The molecule has 0 fully saturated rings. The Kier molecular flexibility index (Phi) is 6.85. The van der Waals surface area contributed by atoms with E-state index in [1.165, 1.54) is 6.33 Å². The van der Waals surface area contributed by atoms with Crippen LogP contribution in [0.15, 0.2) is 66.0 Å². The van der Waals surface area contributed by atoms with Gasteiger partial charge in [0, 0.05) is 29.0 Å². The monoisotopic (exact) mass is 462 g/mol. The zero-order chi connectivity index (χ0) is 23.2. The lowest BCUT2D eigenvalue weighted by Crippen LogP contribution is -2.14. The molecule has 0 spiro atoms. The largest absolute Gasteiger partial charge is 0.468 e. The molecule has 168 valence electrons. The van der Waals surface area contributed by atoms with Gasteiger partial charge in [0.05, 0.1) is 23.8 Å². The first-order valence-electron chi connectivity index (χ1n) is 10.3. The van der Waals surface area contributed by atoms with Crippen LogP contribution in [0.5, 0.6) is 11.5 Å². The Morgan fingerprint density at radius 3 is 2.61 bits per heavy atom. The van der Waals surface area contributed by atoms with Gasteiger partial charge in [0.25, 0.3) is 6.02 Å². The molecule has 0 aliphatic rings. The molecule has 0 aliphatic heterocycles. The third kappa shape index (κ3) is 5.48. The first-order chi connectivity index (χ1) is 16.1. The number of rotatable bonds is 6. The molecule has 0 saturated heterocycles. The van der Waals surface area contributed by atoms with E-state index >= 15 is 0 Å². The average Bonchev–Trinajstić information content (AvgIpc) is 2.82. The molecule has 4 rings (SSSR count). The number of benzene rings is 2. The van der Waals surface area contributed by atoms with Crippen molar-refractivity contribution in [3.63, 3.8) is 0 Å². The first kappa shape index (κ1) is 22.3. The van der Waals surface area contributed by atoms with Crippen LogP contribution in [0.1, 0.15) is 12.6 Å². The number of halogens is 1. The number of ether oxygens (including phenoxy) is 2. The molecule has 0 atom stereocenters. The van der Waals surface area contributed by atoms with Gasteiger partial charge < -0.3 is 20.1 Å². The number of pyridine rings is 1. The van der Waals surface area contributed by atoms with Crippen LogP contribution < -0.4 is 15.4 Å². The van der Waals surface area contributed by atoms with Crippen molar-refractivity contribution >= 4 is 45.7 Å². The summed E-state index contributed by atoms with van der Waals surface area (Å²) in [7, 11) is 1.57. The molecule has 2 aromatic carbocycles. The van der Waals surface area contributed by atoms with Crippen LogP contribution >= 0.6 is 11.6 Å². The van der Waals surface area contributed by atoms with Gasteiger partial charge in [0.1, 0.15) is 23.6 Å². The van der Waals surface area contributed by atoms with Gasteiger partial charge in [-0.2, -0.15) is 0 Å². The Morgan fingerprint density at radius 1 is 1.03 bits per heavy atom. The molecule has 2 aromatic heterocycles. The quantitative estimate of drug-likeness (QED) is 0.270. The van der Waals surface area contributed by atoms with Crippen LogP contribution in [-0.2, 0) is 4.74 Å². The van der Waals surface area contributed by atoms with Gasteiger partial charge in [-0.25, -0.2) is 15.0 Å². The van der Waals surface area contributed by atoms with Crippen molar-refractivity contribution in [2.75, 3.05) is 24.3 Å². The number of hydrogen-bond acceptors (Lipinski definition) is 7. The highest BCUT2D eigenvalue weighted by Crippen LogP contribution is 2.33. The summed E-state index contributed by atoms with van der Waals surface area (Å²) in [5.74, 6) is 1.80. The van der Waals surface area contributed by atoms with Gasteiger partial charge in [0.15, 0.2) is 0 Å². The Morgan fingerprint density at radius 2 is 1.88 bits per heavy atom. The topological polar surface area (TPSA) is 93.6 Å². The van der Waals surface area contributed by atoms with E-state index in [2.05, 4.69) is 30.6 Å². The fourth-order valence-electron chi connectivity index (χ4n) is 3.10. The molecule has 0 radical (unpaired) electrons. The Labute approximate surface area is 196 Å². The molecule has 0 saturated carbocycles. The Bertz CT molecular complexity index is 1290. The summed E-state index contributed by atoms with van der Waals surface area (Å²) in [6, 6.07) is 15.4. The van der Waals surface area contributed by atoms with E-state index < -0.39 is 0 Å². The number of hydrogen-bond donors (Lipinski definition) is 2. The fraction of sp³-hybridized carbons (Fsp3) is 0.167. The number of nitrogens with one attached hydrogen (secondary N) is 2. The lowest BCUT2D eigenvalue weighted by molar-refractivity contribution is 0.400. The number of fused-ring (bicyclic) bond motifs is 1. The summed E-state index contributed by atoms with van der Waals surface area (Å²) in [5.41, 5.74) is 3.28. The summed E-state index contributed by atoms with van der Waals surface area (Å²) >= 11 is 6.47. The third-order valence-electron chi connectivity index (χ3n) is 4.69. The van der Waals surface area contributed by atoms with Gasteiger partial charge in [-0.15, -0.1) is 0 Å². The standard InChI is InChI=1S/C24H23ClN6O2/c1-4-26-24(32-3)31-16-6-9-21-19(11-16)23(29-14-28-21)30-17-7-10-22(20(25)12-17)33-18-8-5-15(2)27-13-18/h5-14H,4H2,1-3H3,(H,26,31)(H,28,29,30). The second kappa shape index (κ2) is 10.1. The van der Waals surface area contributed by atoms with Crippen LogP contribution in [0, 0.1) is 6.92 Å². The normalized spacial score (nSPS) is 11.3. The molecule has 2 heterocycles. The Hall–Kier alpha value is -3.91. The van der Waals surface area contributed by atoms with E-state index in [1.807, 2.05) is 50.2 Å². The van der Waals surface area contributed by atoms with Crippen molar-refractivity contribution in [1.82, 2.24) is 15.0 Å². The SMILES string of the molecule is CCN=C(Nc1ccc2ncnc(Nc3ccc(Oc4ccc(C)nc4)c(Cl)c3)c2c1)OC. The summed E-state index contributed by atoms with van der Waals surface area (Å²) in [4.78, 5) is 17.3. The van der Waals surface area contributed by atoms with E-state index in [9.17, 15) is 0 Å². The van der Waals surface area contributed by atoms with Crippen molar-refractivity contribution in [3.8, 4) is 11.5 Å². The van der Waals surface area contributed by atoms with Crippen LogP contribution in [0.2, 0.25) is 5.02 Å². The number of aliphatic imine (C=N–C) groups is 1. The maximum atomic E-state index is 6.47. The maximum absolute atomic E-state index is 6.47. The zero-order valence-electron chi connectivity index (χ0n) is 18.5. The highest BCUT2D eigenvalue weighted by Gasteiger charge is 2.10. The van der Waals surface area contributed by atoms with E-state index in [0.717, 1.165) is 28.0 Å². The van der Waals surface area contributed by atoms with Crippen LogP contribution in [0.25, 0.3) is 10.9 Å². The second-order valence-electron chi connectivity index (χ2n) is 7.07. The molecule has 0 unspecified atom stereocenters. The molecule has 33 heavy (non-hydrogen) atoms.